The average molecular weight is 348 g/mol. The fourth-order valence-corrected chi connectivity index (χ4v) is 3.30. The zero-order valence-electron chi connectivity index (χ0n) is 13.9. The Hall–Kier alpha value is -3.28. The van der Waals surface area contributed by atoms with Crippen molar-refractivity contribution in [3.8, 4) is 11.1 Å². The lowest BCUT2D eigenvalue weighted by Gasteiger charge is -2.13. The van der Waals surface area contributed by atoms with Crippen LogP contribution in [0.5, 0.6) is 0 Å². The van der Waals surface area contributed by atoms with Crippen molar-refractivity contribution in [2.75, 3.05) is 5.73 Å². The first-order valence-corrected chi connectivity index (χ1v) is 8.34. The van der Waals surface area contributed by atoms with Gasteiger partial charge in [-0.1, -0.05) is 24.3 Å². The van der Waals surface area contributed by atoms with Gasteiger partial charge in [-0.15, -0.1) is 0 Å². The molecule has 2 aromatic carbocycles. The first-order valence-electron chi connectivity index (χ1n) is 8.34. The summed E-state index contributed by atoms with van der Waals surface area (Å²) in [5, 5.41) is 3.00. The summed E-state index contributed by atoms with van der Waals surface area (Å²) in [5.41, 5.74) is 9.38. The quantitative estimate of drug-likeness (QED) is 0.763. The van der Waals surface area contributed by atoms with Crippen LogP contribution in [0.2, 0.25) is 0 Å². The number of hydrogen-bond acceptors (Lipinski definition) is 4. The van der Waals surface area contributed by atoms with Crippen molar-refractivity contribution in [2.45, 2.75) is 18.9 Å². The first kappa shape index (κ1) is 16.2. The Bertz CT molecular complexity index is 947. The summed E-state index contributed by atoms with van der Waals surface area (Å²) in [6, 6.07) is 12.4. The third-order valence-electron chi connectivity index (χ3n) is 4.55. The number of rotatable bonds is 3. The van der Waals surface area contributed by atoms with Crippen LogP contribution < -0.4 is 11.1 Å². The van der Waals surface area contributed by atoms with Crippen molar-refractivity contribution in [2.24, 2.45) is 0 Å². The Morgan fingerprint density at radius 3 is 2.35 bits per heavy atom. The number of nitrogens with two attached hydrogens (primary N) is 1. The summed E-state index contributed by atoms with van der Waals surface area (Å²) >= 11 is 0. The minimum absolute atomic E-state index is 0.0199. The number of hydrogen-bond donors (Lipinski definition) is 2. The number of fused-ring (bicyclic) bond motifs is 1. The number of nitrogen functional groups attached to an aromatic ring is 1. The largest absolute Gasteiger partial charge is 0.368 e. The summed E-state index contributed by atoms with van der Waals surface area (Å²) in [6.07, 6.45) is 4.59. The molecule has 1 amide bonds. The third-order valence-corrected chi connectivity index (χ3v) is 4.55. The highest BCUT2D eigenvalue weighted by Gasteiger charge is 2.23. The normalized spacial score (nSPS) is 13.4. The molecule has 3 N–H and O–H groups in total. The van der Waals surface area contributed by atoms with Gasteiger partial charge in [0, 0.05) is 29.6 Å². The number of anilines is 1. The summed E-state index contributed by atoms with van der Waals surface area (Å²) in [6.45, 7) is 0. The van der Waals surface area contributed by atoms with Crippen LogP contribution in [-0.2, 0) is 12.8 Å². The predicted octanol–water partition coefficient (Wildman–Crippen LogP) is 2.76. The van der Waals surface area contributed by atoms with E-state index in [1.807, 2.05) is 12.1 Å². The number of carbonyl (C=O) groups excluding carboxylic acids is 1. The molecule has 0 unspecified atom stereocenters. The van der Waals surface area contributed by atoms with Crippen molar-refractivity contribution < 1.29 is 9.18 Å². The minimum Gasteiger partial charge on any atom is -0.368 e. The van der Waals surface area contributed by atoms with Gasteiger partial charge in [-0.25, -0.2) is 14.4 Å². The molecule has 1 aromatic heterocycles. The van der Waals surface area contributed by atoms with E-state index in [-0.39, 0.29) is 23.5 Å². The lowest BCUT2D eigenvalue weighted by atomic mass is 10.0. The molecule has 1 aliphatic carbocycles. The zero-order valence-corrected chi connectivity index (χ0v) is 13.9. The highest BCUT2D eigenvalue weighted by atomic mass is 19.1. The van der Waals surface area contributed by atoms with Gasteiger partial charge < -0.3 is 11.1 Å². The summed E-state index contributed by atoms with van der Waals surface area (Å²) in [7, 11) is 0. The van der Waals surface area contributed by atoms with Crippen molar-refractivity contribution in [3.63, 3.8) is 0 Å². The van der Waals surface area contributed by atoms with E-state index in [0.29, 0.717) is 11.1 Å². The molecule has 5 nitrogen and oxygen atoms in total. The molecule has 0 bridgehead atoms. The maximum atomic E-state index is 14.0. The average Bonchev–Trinajstić information content (AvgIpc) is 3.04. The van der Waals surface area contributed by atoms with Gasteiger partial charge in [0.15, 0.2) is 0 Å². The molecular formula is C20H17FN4O. The third kappa shape index (κ3) is 3.26. The molecule has 0 spiro atoms. The molecule has 130 valence electrons. The van der Waals surface area contributed by atoms with Crippen LogP contribution >= 0.6 is 0 Å². The van der Waals surface area contributed by atoms with Crippen LogP contribution in [0.3, 0.4) is 0 Å². The molecule has 4 rings (SSSR count). The smallest absolute Gasteiger partial charge is 0.251 e. The van der Waals surface area contributed by atoms with Gasteiger partial charge in [0.1, 0.15) is 5.82 Å². The van der Waals surface area contributed by atoms with Crippen molar-refractivity contribution in [1.82, 2.24) is 15.3 Å². The van der Waals surface area contributed by atoms with Gasteiger partial charge in [-0.3, -0.25) is 4.79 Å². The van der Waals surface area contributed by atoms with Crippen molar-refractivity contribution in [1.29, 1.82) is 0 Å². The van der Waals surface area contributed by atoms with Gasteiger partial charge >= 0.3 is 0 Å². The molecule has 0 atom stereocenters. The topological polar surface area (TPSA) is 80.9 Å². The van der Waals surface area contributed by atoms with E-state index in [4.69, 9.17) is 5.73 Å². The second-order valence-corrected chi connectivity index (χ2v) is 6.41. The fourth-order valence-electron chi connectivity index (χ4n) is 3.30. The van der Waals surface area contributed by atoms with Gasteiger partial charge in [0.05, 0.1) is 0 Å². The maximum Gasteiger partial charge on any atom is 0.251 e. The molecule has 26 heavy (non-hydrogen) atoms. The molecule has 3 aromatic rings. The second-order valence-electron chi connectivity index (χ2n) is 6.41. The Morgan fingerprint density at radius 2 is 1.69 bits per heavy atom. The SMILES string of the molecule is Nc1ncc(-c2cc(F)cc(C(=O)NC3Cc4ccccc4C3)c2)cn1. The lowest BCUT2D eigenvalue weighted by molar-refractivity contribution is 0.0938. The van der Waals surface area contributed by atoms with Crippen LogP contribution in [0.1, 0.15) is 21.5 Å². The number of nitrogens with one attached hydrogen (secondary N) is 1. The lowest BCUT2D eigenvalue weighted by Crippen LogP contribution is -2.35. The van der Waals surface area contributed by atoms with E-state index in [1.165, 1.54) is 35.7 Å². The maximum absolute atomic E-state index is 14.0. The van der Waals surface area contributed by atoms with Gasteiger partial charge in [0.2, 0.25) is 5.95 Å². The number of aromatic nitrogens is 2. The Labute approximate surface area is 150 Å². The first-order chi connectivity index (χ1) is 12.6. The fraction of sp³-hybridized carbons (Fsp3) is 0.150. The number of halogens is 1. The Morgan fingerprint density at radius 1 is 1.04 bits per heavy atom. The molecule has 0 fully saturated rings. The van der Waals surface area contributed by atoms with Crippen LogP contribution in [-0.4, -0.2) is 21.9 Å². The number of benzene rings is 2. The van der Waals surface area contributed by atoms with E-state index in [0.717, 1.165) is 12.8 Å². The summed E-state index contributed by atoms with van der Waals surface area (Å²) in [5.74, 6) is -0.636. The standard InChI is InChI=1S/C20H17FN4O/c21-17-6-14(16-10-23-20(22)24-11-16)5-15(7-17)19(26)25-18-8-12-3-1-2-4-13(12)9-18/h1-7,10-11,18H,8-9H2,(H,25,26)(H2,22,23,24). The van der Waals surface area contributed by atoms with Crippen molar-refractivity contribution >= 4 is 11.9 Å². The predicted molar refractivity (Wildman–Crippen MR) is 96.9 cm³/mol. The van der Waals surface area contributed by atoms with Crippen molar-refractivity contribution in [3.05, 3.63) is 77.4 Å². The second kappa shape index (κ2) is 6.55. The van der Waals surface area contributed by atoms with E-state index >= 15 is 0 Å². The van der Waals surface area contributed by atoms with Gasteiger partial charge in [-0.2, -0.15) is 0 Å². The van der Waals surface area contributed by atoms with Gasteiger partial charge in [0.25, 0.3) is 5.91 Å². The van der Waals surface area contributed by atoms with Gasteiger partial charge in [-0.05, 0) is 47.7 Å². The number of carbonyl (C=O) groups is 1. The Kier molecular flexibility index (Phi) is 4.08. The van der Waals surface area contributed by atoms with Crippen LogP contribution in [0.25, 0.3) is 11.1 Å². The highest BCUT2D eigenvalue weighted by molar-refractivity contribution is 5.95. The number of amides is 1. The van der Waals surface area contributed by atoms with E-state index in [1.54, 1.807) is 6.07 Å². The molecule has 0 saturated carbocycles. The summed E-state index contributed by atoms with van der Waals surface area (Å²) < 4.78 is 14.0. The monoisotopic (exact) mass is 348 g/mol. The molecule has 1 heterocycles. The Balaban J connectivity index is 1.54. The van der Waals surface area contributed by atoms with Crippen LogP contribution in [0, 0.1) is 5.82 Å². The molecule has 0 saturated heterocycles. The molecular weight excluding hydrogens is 331 g/mol. The summed E-state index contributed by atoms with van der Waals surface area (Å²) in [4.78, 5) is 20.4. The molecule has 0 radical (unpaired) electrons. The van der Waals surface area contributed by atoms with Crippen LogP contribution in [0.15, 0.2) is 54.9 Å². The zero-order chi connectivity index (χ0) is 18.1. The molecule has 6 heteroatoms. The van der Waals surface area contributed by atoms with E-state index in [9.17, 15) is 9.18 Å². The number of nitrogens with zero attached hydrogens (tertiary/aromatic N) is 2. The molecule has 1 aliphatic rings. The highest BCUT2D eigenvalue weighted by Crippen LogP contribution is 2.24. The van der Waals surface area contributed by atoms with Crippen LogP contribution in [0.4, 0.5) is 10.3 Å². The molecule has 0 aliphatic heterocycles. The van der Waals surface area contributed by atoms with E-state index in [2.05, 4.69) is 27.4 Å². The minimum atomic E-state index is -0.487. The van der Waals surface area contributed by atoms with E-state index < -0.39 is 5.82 Å².